The average Bonchev–Trinajstić information content (AvgIpc) is 2.83. The predicted molar refractivity (Wildman–Crippen MR) is 70.0 cm³/mol. The lowest BCUT2D eigenvalue weighted by Crippen LogP contribution is -2.22. The summed E-state index contributed by atoms with van der Waals surface area (Å²) in [6.45, 7) is 2.26. The van der Waals surface area contributed by atoms with Gasteiger partial charge in [-0.05, 0) is 31.2 Å². The summed E-state index contributed by atoms with van der Waals surface area (Å²) in [5, 5.41) is 16.8. The van der Waals surface area contributed by atoms with Crippen molar-refractivity contribution in [2.24, 2.45) is 0 Å². The molecule has 6 heteroatoms. The minimum atomic E-state index is -0.831. The van der Waals surface area contributed by atoms with Crippen LogP contribution in [0.2, 0.25) is 0 Å². The average molecular weight is 261 g/mol. The van der Waals surface area contributed by atoms with E-state index in [2.05, 4.69) is 10.2 Å². The van der Waals surface area contributed by atoms with E-state index in [4.69, 9.17) is 9.52 Å². The molecule has 6 nitrogen and oxygen atoms in total. The molecule has 0 unspecified atom stereocenters. The summed E-state index contributed by atoms with van der Waals surface area (Å²) in [5.74, 6) is 1.29. The second kappa shape index (κ2) is 5.51. The molecule has 2 rings (SSSR count). The number of aromatic nitrogens is 2. The van der Waals surface area contributed by atoms with Crippen molar-refractivity contribution in [2.45, 2.75) is 13.3 Å². The van der Waals surface area contributed by atoms with E-state index < -0.39 is 5.97 Å². The summed E-state index contributed by atoms with van der Waals surface area (Å²) < 4.78 is 5.46. The van der Waals surface area contributed by atoms with Crippen LogP contribution in [-0.2, 0) is 4.79 Å². The molecular formula is C13H15N3O3. The summed E-state index contributed by atoms with van der Waals surface area (Å²) in [6, 6.07) is 7.30. The lowest BCUT2D eigenvalue weighted by Gasteiger charge is -2.15. The smallest absolute Gasteiger partial charge is 0.305 e. The molecule has 2 aromatic heterocycles. The number of aliphatic carboxylic acids is 1. The lowest BCUT2D eigenvalue weighted by molar-refractivity contribution is -0.136. The van der Waals surface area contributed by atoms with Gasteiger partial charge in [-0.3, -0.25) is 4.79 Å². The van der Waals surface area contributed by atoms with Crippen molar-refractivity contribution in [3.05, 3.63) is 30.0 Å². The van der Waals surface area contributed by atoms with Gasteiger partial charge in [0.25, 0.3) is 0 Å². The molecule has 100 valence electrons. The molecular weight excluding hydrogens is 246 g/mol. The first-order valence-corrected chi connectivity index (χ1v) is 5.90. The summed E-state index contributed by atoms with van der Waals surface area (Å²) in [5.41, 5.74) is 0.656. The van der Waals surface area contributed by atoms with E-state index in [1.165, 1.54) is 0 Å². The van der Waals surface area contributed by atoms with Crippen molar-refractivity contribution in [2.75, 3.05) is 18.5 Å². The van der Waals surface area contributed by atoms with Crippen molar-refractivity contribution >= 4 is 11.8 Å². The molecule has 1 N–H and O–H groups in total. The standard InChI is InChI=1S/C13H15N3O3/c1-9-3-5-11(19-9)10-4-6-12(15-14-10)16(2)8-7-13(17)18/h3-6H,7-8H2,1-2H3,(H,17,18). The fourth-order valence-electron chi connectivity index (χ4n) is 1.61. The molecule has 0 saturated carbocycles. The molecule has 0 fully saturated rings. The van der Waals surface area contributed by atoms with Gasteiger partial charge in [-0.2, -0.15) is 0 Å². The maximum Gasteiger partial charge on any atom is 0.305 e. The van der Waals surface area contributed by atoms with Crippen LogP contribution in [0.15, 0.2) is 28.7 Å². The molecule has 0 aliphatic rings. The number of nitrogens with zero attached hydrogens (tertiary/aromatic N) is 3. The zero-order valence-corrected chi connectivity index (χ0v) is 10.8. The van der Waals surface area contributed by atoms with E-state index in [-0.39, 0.29) is 6.42 Å². The summed E-state index contributed by atoms with van der Waals surface area (Å²) >= 11 is 0. The number of hydrogen-bond donors (Lipinski definition) is 1. The second-order valence-corrected chi connectivity index (χ2v) is 4.25. The Morgan fingerprint density at radius 3 is 2.63 bits per heavy atom. The molecule has 0 radical (unpaired) electrons. The number of anilines is 1. The zero-order chi connectivity index (χ0) is 13.8. The molecule has 0 aliphatic heterocycles. The Morgan fingerprint density at radius 1 is 1.32 bits per heavy atom. The number of rotatable bonds is 5. The third kappa shape index (κ3) is 3.31. The number of furan rings is 1. The minimum Gasteiger partial charge on any atom is -0.481 e. The fraction of sp³-hybridized carbons (Fsp3) is 0.308. The Hall–Kier alpha value is -2.37. The van der Waals surface area contributed by atoms with Crippen LogP contribution in [0, 0.1) is 6.92 Å². The van der Waals surface area contributed by atoms with E-state index in [0.29, 0.717) is 23.8 Å². The van der Waals surface area contributed by atoms with Crippen LogP contribution in [0.5, 0.6) is 0 Å². The summed E-state index contributed by atoms with van der Waals surface area (Å²) in [6.07, 6.45) is 0.0668. The van der Waals surface area contributed by atoms with E-state index in [1.54, 1.807) is 24.1 Å². The van der Waals surface area contributed by atoms with E-state index in [1.807, 2.05) is 19.1 Å². The SMILES string of the molecule is Cc1ccc(-c2ccc(N(C)CCC(=O)O)nn2)o1. The lowest BCUT2D eigenvalue weighted by atomic mass is 10.3. The third-order valence-electron chi connectivity index (χ3n) is 2.70. The first-order chi connectivity index (χ1) is 9.06. The van der Waals surface area contributed by atoms with Crippen molar-refractivity contribution in [1.82, 2.24) is 10.2 Å². The highest BCUT2D eigenvalue weighted by molar-refractivity contribution is 5.67. The zero-order valence-electron chi connectivity index (χ0n) is 10.8. The van der Waals surface area contributed by atoms with Gasteiger partial charge in [0.2, 0.25) is 0 Å². The number of carboxylic acid groups (broad SMARTS) is 1. The second-order valence-electron chi connectivity index (χ2n) is 4.25. The van der Waals surface area contributed by atoms with Gasteiger partial charge in [-0.1, -0.05) is 0 Å². The van der Waals surface area contributed by atoms with Crippen LogP contribution in [0.25, 0.3) is 11.5 Å². The van der Waals surface area contributed by atoms with Gasteiger partial charge in [0, 0.05) is 13.6 Å². The normalized spacial score (nSPS) is 10.4. The fourth-order valence-corrected chi connectivity index (χ4v) is 1.61. The maximum absolute atomic E-state index is 10.5. The number of carboxylic acids is 1. The first-order valence-electron chi connectivity index (χ1n) is 5.90. The van der Waals surface area contributed by atoms with E-state index in [0.717, 1.165) is 5.76 Å². The van der Waals surface area contributed by atoms with Crippen molar-refractivity contribution in [3.8, 4) is 11.5 Å². The number of carbonyl (C=O) groups is 1. The highest BCUT2D eigenvalue weighted by Gasteiger charge is 2.08. The Kier molecular flexibility index (Phi) is 3.79. The molecule has 0 bridgehead atoms. The largest absolute Gasteiger partial charge is 0.481 e. The Labute approximate surface area is 110 Å². The van der Waals surface area contributed by atoms with E-state index >= 15 is 0 Å². The van der Waals surface area contributed by atoms with Crippen LogP contribution in [0.4, 0.5) is 5.82 Å². The third-order valence-corrected chi connectivity index (χ3v) is 2.70. The molecule has 0 saturated heterocycles. The molecule has 19 heavy (non-hydrogen) atoms. The highest BCUT2D eigenvalue weighted by Crippen LogP contribution is 2.20. The molecule has 0 aromatic carbocycles. The van der Waals surface area contributed by atoms with Crippen LogP contribution < -0.4 is 4.90 Å². The Morgan fingerprint density at radius 2 is 2.11 bits per heavy atom. The molecule has 2 heterocycles. The van der Waals surface area contributed by atoms with Gasteiger partial charge in [-0.15, -0.1) is 10.2 Å². The van der Waals surface area contributed by atoms with Gasteiger partial charge in [0.05, 0.1) is 6.42 Å². The van der Waals surface area contributed by atoms with Gasteiger partial charge < -0.3 is 14.4 Å². The molecule has 0 atom stereocenters. The first kappa shape index (κ1) is 13.1. The van der Waals surface area contributed by atoms with E-state index in [9.17, 15) is 4.79 Å². The highest BCUT2D eigenvalue weighted by atomic mass is 16.4. The Balaban J connectivity index is 2.07. The quantitative estimate of drug-likeness (QED) is 0.886. The van der Waals surface area contributed by atoms with Crippen molar-refractivity contribution in [3.63, 3.8) is 0 Å². The molecule has 2 aromatic rings. The summed E-state index contributed by atoms with van der Waals surface area (Å²) in [4.78, 5) is 12.2. The van der Waals surface area contributed by atoms with Gasteiger partial charge in [-0.25, -0.2) is 0 Å². The number of hydrogen-bond acceptors (Lipinski definition) is 5. The van der Waals surface area contributed by atoms with Crippen LogP contribution in [-0.4, -0.2) is 34.9 Å². The van der Waals surface area contributed by atoms with Crippen molar-refractivity contribution < 1.29 is 14.3 Å². The molecule has 0 aliphatic carbocycles. The summed E-state index contributed by atoms with van der Waals surface area (Å²) in [7, 11) is 1.78. The maximum atomic E-state index is 10.5. The molecule has 0 amide bonds. The van der Waals surface area contributed by atoms with Crippen LogP contribution in [0.1, 0.15) is 12.2 Å². The Bertz CT molecular complexity index is 563. The predicted octanol–water partition coefficient (Wildman–Crippen LogP) is 1.96. The van der Waals surface area contributed by atoms with Gasteiger partial charge in [0.15, 0.2) is 11.6 Å². The number of aryl methyl sites for hydroxylation is 1. The van der Waals surface area contributed by atoms with Crippen molar-refractivity contribution in [1.29, 1.82) is 0 Å². The molecule has 0 spiro atoms. The minimum absolute atomic E-state index is 0.0668. The van der Waals surface area contributed by atoms with Gasteiger partial charge >= 0.3 is 5.97 Å². The van der Waals surface area contributed by atoms with Crippen LogP contribution >= 0.6 is 0 Å². The topological polar surface area (TPSA) is 79.5 Å². The monoisotopic (exact) mass is 261 g/mol. The van der Waals surface area contributed by atoms with Crippen LogP contribution in [0.3, 0.4) is 0 Å². The van der Waals surface area contributed by atoms with Gasteiger partial charge in [0.1, 0.15) is 11.5 Å².